The minimum Gasteiger partial charge on any atom is -0.497 e. The molecular weight excluding hydrogens is 485 g/mol. The van der Waals surface area contributed by atoms with E-state index in [1.54, 1.807) is 31.4 Å². The van der Waals surface area contributed by atoms with Gasteiger partial charge in [-0.2, -0.15) is 0 Å². The highest BCUT2D eigenvalue weighted by Gasteiger charge is 2.40. The van der Waals surface area contributed by atoms with E-state index in [2.05, 4.69) is 10.6 Å². The molecule has 10 heteroatoms. The molecule has 2 unspecified atom stereocenters. The van der Waals surface area contributed by atoms with E-state index >= 15 is 0 Å². The number of carbonyl (C=O) groups is 4. The van der Waals surface area contributed by atoms with Crippen LogP contribution in [0.15, 0.2) is 36.4 Å². The van der Waals surface area contributed by atoms with Gasteiger partial charge in [0, 0.05) is 18.7 Å². The van der Waals surface area contributed by atoms with Crippen LogP contribution in [0.1, 0.15) is 49.9 Å². The monoisotopic (exact) mass is 513 g/mol. The van der Waals surface area contributed by atoms with Gasteiger partial charge in [-0.05, 0) is 52.8 Å². The number of carbonyl (C=O) groups excluding carboxylic acids is 4. The smallest absolute Gasteiger partial charge is 0.286 e. The van der Waals surface area contributed by atoms with Crippen molar-refractivity contribution in [2.45, 2.75) is 50.3 Å². The maximum Gasteiger partial charge on any atom is 0.286 e. The number of rotatable bonds is 5. The van der Waals surface area contributed by atoms with Gasteiger partial charge in [-0.25, -0.2) is 4.39 Å². The molecule has 36 heavy (non-hydrogen) atoms. The summed E-state index contributed by atoms with van der Waals surface area (Å²) in [5, 5.41) is 3.59. The summed E-state index contributed by atoms with van der Waals surface area (Å²) in [5.41, 5.74) is 1.88. The molecule has 2 aromatic rings. The molecule has 190 valence electrons. The highest BCUT2D eigenvalue weighted by atomic mass is 32.2. The van der Waals surface area contributed by atoms with Crippen LogP contribution in [0.3, 0.4) is 0 Å². The van der Waals surface area contributed by atoms with Crippen LogP contribution in [0.25, 0.3) is 0 Å². The number of hydrogen-bond donors (Lipinski definition) is 2. The Bertz CT molecular complexity index is 1240. The fraction of sp³-hybridized carbons (Fsp3) is 0.385. The molecule has 0 aliphatic carbocycles. The molecule has 2 atom stereocenters. The van der Waals surface area contributed by atoms with Crippen LogP contribution in [0.5, 0.6) is 5.75 Å². The Hall–Kier alpha value is -3.40. The lowest BCUT2D eigenvalue weighted by molar-refractivity contribution is -0.140. The number of anilines is 1. The van der Waals surface area contributed by atoms with E-state index in [1.165, 1.54) is 11.0 Å². The van der Waals surface area contributed by atoms with Crippen molar-refractivity contribution in [3.05, 3.63) is 58.9 Å². The maximum atomic E-state index is 14.8. The van der Waals surface area contributed by atoms with Crippen molar-refractivity contribution in [3.63, 3.8) is 0 Å². The third kappa shape index (κ3) is 5.23. The zero-order valence-electron chi connectivity index (χ0n) is 20.5. The van der Waals surface area contributed by atoms with E-state index in [9.17, 15) is 23.6 Å². The molecule has 8 nitrogen and oxygen atoms in total. The molecule has 4 amide bonds. The Morgan fingerprint density at radius 3 is 2.56 bits per heavy atom. The summed E-state index contributed by atoms with van der Waals surface area (Å²) >= 11 is 0.768. The Balaban J connectivity index is 1.63. The Labute approximate surface area is 212 Å². The number of nitrogens with one attached hydrogen (secondary N) is 2. The van der Waals surface area contributed by atoms with Gasteiger partial charge in [-0.15, -0.1) is 0 Å². The number of thioether (sulfide) groups is 1. The minimum atomic E-state index is -0.998. The minimum absolute atomic E-state index is 0.216. The third-order valence-corrected chi connectivity index (χ3v) is 7.30. The molecule has 1 fully saturated rings. The van der Waals surface area contributed by atoms with Crippen molar-refractivity contribution < 1.29 is 28.3 Å². The number of ether oxygens (including phenoxy) is 1. The average Bonchev–Trinajstić information content (AvgIpc) is 3.13. The number of hydrogen-bond acceptors (Lipinski definition) is 6. The van der Waals surface area contributed by atoms with Gasteiger partial charge < -0.3 is 15.0 Å². The Kier molecular flexibility index (Phi) is 7.08. The highest BCUT2D eigenvalue weighted by molar-refractivity contribution is 8.15. The molecule has 4 rings (SSSR count). The molecule has 2 aliphatic heterocycles. The van der Waals surface area contributed by atoms with E-state index in [1.807, 2.05) is 26.8 Å². The molecular formula is C26H28FN3O5S. The molecule has 2 aromatic carbocycles. The van der Waals surface area contributed by atoms with Crippen LogP contribution >= 0.6 is 11.8 Å². The summed E-state index contributed by atoms with van der Waals surface area (Å²) in [4.78, 5) is 51.8. The fourth-order valence-corrected chi connectivity index (χ4v) is 5.31. The summed E-state index contributed by atoms with van der Waals surface area (Å²) in [6, 6.07) is 8.83. The topological polar surface area (TPSA) is 105 Å². The van der Waals surface area contributed by atoms with Crippen LogP contribution < -0.4 is 15.4 Å². The van der Waals surface area contributed by atoms with Crippen LogP contribution in [0.2, 0.25) is 0 Å². The highest BCUT2D eigenvalue weighted by Crippen LogP contribution is 2.35. The first kappa shape index (κ1) is 25.7. The number of nitrogens with zero attached hydrogens (tertiary/aromatic N) is 1. The van der Waals surface area contributed by atoms with Crippen molar-refractivity contribution in [1.29, 1.82) is 0 Å². The lowest BCUT2D eigenvalue weighted by Gasteiger charge is -2.37. The molecule has 0 radical (unpaired) electrons. The quantitative estimate of drug-likeness (QED) is 0.628. The van der Waals surface area contributed by atoms with Crippen molar-refractivity contribution in [3.8, 4) is 5.75 Å². The summed E-state index contributed by atoms with van der Waals surface area (Å²) < 4.78 is 20.1. The normalized spacial score (nSPS) is 19.5. The van der Waals surface area contributed by atoms with Crippen LogP contribution in [-0.4, -0.2) is 46.8 Å². The van der Waals surface area contributed by atoms with Gasteiger partial charge >= 0.3 is 0 Å². The lowest BCUT2D eigenvalue weighted by Crippen LogP contribution is -2.46. The summed E-state index contributed by atoms with van der Waals surface area (Å²) in [7, 11) is 1.55. The number of halogens is 1. The molecule has 0 spiro atoms. The largest absolute Gasteiger partial charge is 0.497 e. The average molecular weight is 514 g/mol. The first-order chi connectivity index (χ1) is 17.0. The lowest BCUT2D eigenvalue weighted by atomic mass is 9.86. The number of fused-ring (bicyclic) bond motifs is 1. The summed E-state index contributed by atoms with van der Waals surface area (Å²) in [6.45, 7) is 5.94. The van der Waals surface area contributed by atoms with Gasteiger partial charge in [0.05, 0.1) is 7.11 Å². The molecule has 0 saturated carbocycles. The van der Waals surface area contributed by atoms with E-state index in [4.69, 9.17) is 4.74 Å². The summed E-state index contributed by atoms with van der Waals surface area (Å²) in [5.74, 6) is -1.25. The SMILES string of the molecule is COc1ccc2c(c1)CCN(C(=O)CC1SC(=O)NC1=O)C2C(=O)Nc1ccc(C(C)(C)C)c(F)c1. The summed E-state index contributed by atoms with van der Waals surface area (Å²) in [6.07, 6.45) is 0.270. The van der Waals surface area contributed by atoms with Gasteiger partial charge in [0.15, 0.2) is 0 Å². The predicted molar refractivity (Wildman–Crippen MR) is 134 cm³/mol. The van der Waals surface area contributed by atoms with E-state index in [-0.39, 0.29) is 18.7 Å². The first-order valence-electron chi connectivity index (χ1n) is 11.6. The second kappa shape index (κ2) is 9.93. The number of methoxy groups -OCH3 is 1. The molecule has 2 heterocycles. The van der Waals surface area contributed by atoms with Crippen LogP contribution in [0, 0.1) is 5.82 Å². The zero-order chi connectivity index (χ0) is 26.2. The zero-order valence-corrected chi connectivity index (χ0v) is 21.3. The molecule has 0 bridgehead atoms. The number of benzene rings is 2. The van der Waals surface area contributed by atoms with Crippen molar-refractivity contribution in [2.24, 2.45) is 0 Å². The van der Waals surface area contributed by atoms with Gasteiger partial charge in [0.2, 0.25) is 11.8 Å². The number of amides is 4. The van der Waals surface area contributed by atoms with Gasteiger partial charge in [-0.3, -0.25) is 24.5 Å². The second-order valence-electron chi connectivity index (χ2n) is 9.83. The molecule has 2 aliphatic rings. The fourth-order valence-electron chi connectivity index (χ4n) is 4.50. The van der Waals surface area contributed by atoms with Gasteiger partial charge in [0.1, 0.15) is 22.9 Å². The third-order valence-electron chi connectivity index (χ3n) is 6.32. The maximum absolute atomic E-state index is 14.8. The van der Waals surface area contributed by atoms with Crippen LogP contribution in [-0.2, 0) is 26.2 Å². The Morgan fingerprint density at radius 2 is 1.94 bits per heavy atom. The first-order valence-corrected chi connectivity index (χ1v) is 12.4. The predicted octanol–water partition coefficient (Wildman–Crippen LogP) is 3.94. The molecule has 0 aromatic heterocycles. The van der Waals surface area contributed by atoms with Crippen molar-refractivity contribution >= 4 is 40.4 Å². The standard InChI is InChI=1S/C26H28FN3O5S/c1-26(2,3)18-8-5-15(12-19(18)27)28-24(33)22-17-7-6-16(35-4)11-14(17)9-10-30(22)21(31)13-20-23(32)29-25(34)36-20/h5-8,11-12,20,22H,9-10,13H2,1-4H3,(H,28,33)(H,29,32,34). The Morgan fingerprint density at radius 1 is 1.19 bits per heavy atom. The van der Waals surface area contributed by atoms with Crippen LogP contribution in [0.4, 0.5) is 14.9 Å². The van der Waals surface area contributed by atoms with E-state index < -0.39 is 45.5 Å². The van der Waals surface area contributed by atoms with E-state index in [0.29, 0.717) is 23.3 Å². The van der Waals surface area contributed by atoms with Gasteiger partial charge in [-0.1, -0.05) is 44.7 Å². The molecule has 1 saturated heterocycles. The second-order valence-corrected chi connectivity index (χ2v) is 11.0. The van der Waals surface area contributed by atoms with Gasteiger partial charge in [0.25, 0.3) is 11.1 Å². The van der Waals surface area contributed by atoms with Crippen molar-refractivity contribution in [2.75, 3.05) is 19.0 Å². The molecule has 2 N–H and O–H groups in total. The number of imide groups is 1. The van der Waals surface area contributed by atoms with E-state index in [0.717, 1.165) is 17.3 Å². The van der Waals surface area contributed by atoms with Crippen molar-refractivity contribution in [1.82, 2.24) is 10.2 Å².